The van der Waals surface area contributed by atoms with Crippen molar-refractivity contribution in [3.63, 3.8) is 0 Å². The first-order valence-corrected chi connectivity index (χ1v) is 7.42. The van der Waals surface area contributed by atoms with Crippen LogP contribution < -0.4 is 5.32 Å². The van der Waals surface area contributed by atoms with Crippen LogP contribution in [0.3, 0.4) is 0 Å². The molecule has 10 nitrogen and oxygen atoms in total. The molecule has 0 radical (unpaired) electrons. The molecule has 0 amide bonds. The fraction of sp³-hybridized carbons (Fsp3) is 0.400. The standard InChI is InChI=1S/C10H12N4O6S/c15-13(16)8-1-2-10(9(7-8)14(17)18)21(19,20)12-5-3-11-4-6-12/h1-2,7,11H,3-6H2. The van der Waals surface area contributed by atoms with Crippen LogP contribution >= 0.6 is 0 Å². The van der Waals surface area contributed by atoms with E-state index in [1.54, 1.807) is 0 Å². The normalized spacial score (nSPS) is 16.6. The van der Waals surface area contributed by atoms with Gasteiger partial charge in [-0.1, -0.05) is 0 Å². The highest BCUT2D eigenvalue weighted by Crippen LogP contribution is 2.30. The fourth-order valence-electron chi connectivity index (χ4n) is 2.00. The number of hydrogen-bond donors (Lipinski definition) is 1. The summed E-state index contributed by atoms with van der Waals surface area (Å²) >= 11 is 0. The largest absolute Gasteiger partial charge is 0.314 e. The molecule has 1 aliphatic heterocycles. The highest BCUT2D eigenvalue weighted by molar-refractivity contribution is 7.89. The van der Waals surface area contributed by atoms with Gasteiger partial charge in [0.15, 0.2) is 4.90 Å². The lowest BCUT2D eigenvalue weighted by Crippen LogP contribution is -2.46. The number of piperazine rings is 1. The molecule has 1 heterocycles. The second kappa shape index (κ2) is 5.71. The van der Waals surface area contributed by atoms with Crippen molar-refractivity contribution in [2.24, 2.45) is 0 Å². The van der Waals surface area contributed by atoms with Crippen molar-refractivity contribution in [3.8, 4) is 0 Å². The third kappa shape index (κ3) is 2.99. The molecule has 21 heavy (non-hydrogen) atoms. The molecule has 1 aromatic rings. The van der Waals surface area contributed by atoms with E-state index in [1.165, 1.54) is 0 Å². The summed E-state index contributed by atoms with van der Waals surface area (Å²) in [5, 5.41) is 24.6. The van der Waals surface area contributed by atoms with E-state index in [4.69, 9.17) is 0 Å². The smallest absolute Gasteiger partial charge is 0.296 e. The maximum atomic E-state index is 12.4. The van der Waals surface area contributed by atoms with Crippen LogP contribution in [0.25, 0.3) is 0 Å². The van der Waals surface area contributed by atoms with Crippen molar-refractivity contribution in [3.05, 3.63) is 38.4 Å². The number of benzene rings is 1. The first kappa shape index (κ1) is 15.3. The van der Waals surface area contributed by atoms with E-state index in [0.29, 0.717) is 19.2 Å². The number of rotatable bonds is 4. The average Bonchev–Trinajstić information content (AvgIpc) is 2.47. The van der Waals surface area contributed by atoms with Crippen molar-refractivity contribution in [1.29, 1.82) is 0 Å². The maximum absolute atomic E-state index is 12.4. The maximum Gasteiger partial charge on any atom is 0.296 e. The van der Waals surface area contributed by atoms with Crippen LogP contribution in [0.15, 0.2) is 23.1 Å². The van der Waals surface area contributed by atoms with Gasteiger partial charge >= 0.3 is 0 Å². The highest BCUT2D eigenvalue weighted by Gasteiger charge is 2.33. The van der Waals surface area contributed by atoms with Gasteiger partial charge in [0.2, 0.25) is 10.0 Å². The number of sulfonamides is 1. The van der Waals surface area contributed by atoms with E-state index in [-0.39, 0.29) is 13.1 Å². The summed E-state index contributed by atoms with van der Waals surface area (Å²) in [5.41, 5.74) is -1.32. The van der Waals surface area contributed by atoms with Crippen LogP contribution in [0.2, 0.25) is 0 Å². The Morgan fingerprint density at radius 1 is 1.10 bits per heavy atom. The van der Waals surface area contributed by atoms with Gasteiger partial charge in [-0.15, -0.1) is 0 Å². The Bertz CT molecular complexity index is 683. The Labute approximate surface area is 119 Å². The number of nitro groups is 2. The zero-order valence-electron chi connectivity index (χ0n) is 10.8. The SMILES string of the molecule is O=[N+]([O-])c1ccc(S(=O)(=O)N2CCNCC2)c([N+](=O)[O-])c1. The Hall–Kier alpha value is -2.11. The van der Waals surface area contributed by atoms with E-state index in [0.717, 1.165) is 16.4 Å². The van der Waals surface area contributed by atoms with Gasteiger partial charge in [-0.25, -0.2) is 8.42 Å². The van der Waals surface area contributed by atoms with Gasteiger partial charge in [0.05, 0.1) is 15.9 Å². The molecule has 0 atom stereocenters. The first-order valence-electron chi connectivity index (χ1n) is 5.98. The number of nitro benzene ring substituents is 2. The highest BCUT2D eigenvalue weighted by atomic mass is 32.2. The molecule has 0 unspecified atom stereocenters. The summed E-state index contributed by atoms with van der Waals surface area (Å²) in [5.74, 6) is 0. The molecule has 0 aliphatic carbocycles. The molecule has 0 spiro atoms. The lowest BCUT2D eigenvalue weighted by molar-refractivity contribution is -0.396. The molecule has 1 N–H and O–H groups in total. The van der Waals surface area contributed by atoms with Crippen molar-refractivity contribution < 1.29 is 18.3 Å². The second-order valence-electron chi connectivity index (χ2n) is 4.32. The van der Waals surface area contributed by atoms with Crippen LogP contribution in [0.4, 0.5) is 11.4 Å². The minimum Gasteiger partial charge on any atom is -0.314 e. The molecule has 2 rings (SSSR count). The van der Waals surface area contributed by atoms with Crippen molar-refractivity contribution in [1.82, 2.24) is 9.62 Å². The Morgan fingerprint density at radius 3 is 2.24 bits per heavy atom. The third-order valence-corrected chi connectivity index (χ3v) is 4.99. The van der Waals surface area contributed by atoms with Crippen molar-refractivity contribution in [2.75, 3.05) is 26.2 Å². The van der Waals surface area contributed by atoms with Gasteiger partial charge < -0.3 is 5.32 Å². The van der Waals surface area contributed by atoms with Crippen LogP contribution in [-0.4, -0.2) is 48.7 Å². The van der Waals surface area contributed by atoms with Gasteiger partial charge in [0.1, 0.15) is 0 Å². The van der Waals surface area contributed by atoms with Crippen LogP contribution in [-0.2, 0) is 10.0 Å². The Balaban J connectivity index is 2.51. The van der Waals surface area contributed by atoms with Gasteiger partial charge in [0, 0.05) is 32.2 Å². The molecule has 114 valence electrons. The van der Waals surface area contributed by atoms with Gasteiger partial charge in [-0.3, -0.25) is 20.2 Å². The predicted octanol–water partition coefficient (Wildman–Crippen LogP) is 0.0969. The molecule has 0 bridgehead atoms. The third-order valence-electron chi connectivity index (χ3n) is 3.04. The van der Waals surface area contributed by atoms with E-state index in [9.17, 15) is 28.6 Å². The number of non-ortho nitro benzene ring substituents is 1. The summed E-state index contributed by atoms with van der Waals surface area (Å²) < 4.78 is 26.0. The second-order valence-corrected chi connectivity index (χ2v) is 6.23. The van der Waals surface area contributed by atoms with Gasteiger partial charge in [-0.05, 0) is 6.07 Å². The topological polar surface area (TPSA) is 136 Å². The zero-order chi connectivity index (χ0) is 15.6. The van der Waals surface area contributed by atoms with Gasteiger partial charge in [-0.2, -0.15) is 4.31 Å². The van der Waals surface area contributed by atoms with Crippen molar-refractivity contribution >= 4 is 21.4 Å². The minimum absolute atomic E-state index is 0.191. The van der Waals surface area contributed by atoms with E-state index in [1.807, 2.05) is 0 Å². The van der Waals surface area contributed by atoms with Crippen LogP contribution in [0.5, 0.6) is 0 Å². The quantitative estimate of drug-likeness (QED) is 0.614. The summed E-state index contributed by atoms with van der Waals surface area (Å²) in [6.07, 6.45) is 0. The van der Waals surface area contributed by atoms with E-state index in [2.05, 4.69) is 5.32 Å². The van der Waals surface area contributed by atoms with Crippen LogP contribution in [0.1, 0.15) is 0 Å². The lowest BCUT2D eigenvalue weighted by Gasteiger charge is -2.26. The predicted molar refractivity (Wildman–Crippen MR) is 71.4 cm³/mol. The summed E-state index contributed by atoms with van der Waals surface area (Å²) in [6, 6.07) is 2.52. The number of hydrogen-bond acceptors (Lipinski definition) is 7. The monoisotopic (exact) mass is 316 g/mol. The van der Waals surface area contributed by atoms with Gasteiger partial charge in [0.25, 0.3) is 11.4 Å². The molecule has 1 fully saturated rings. The zero-order valence-corrected chi connectivity index (χ0v) is 11.6. The fourth-order valence-corrected chi connectivity index (χ4v) is 3.58. The minimum atomic E-state index is -4.05. The Morgan fingerprint density at radius 2 is 1.71 bits per heavy atom. The average molecular weight is 316 g/mol. The van der Waals surface area contributed by atoms with Crippen LogP contribution in [0, 0.1) is 20.2 Å². The number of nitrogens with zero attached hydrogens (tertiary/aromatic N) is 3. The van der Waals surface area contributed by atoms with Crippen molar-refractivity contribution in [2.45, 2.75) is 4.90 Å². The van der Waals surface area contributed by atoms with E-state index < -0.39 is 36.1 Å². The summed E-state index contributed by atoms with van der Waals surface area (Å²) in [6.45, 7) is 1.27. The summed E-state index contributed by atoms with van der Waals surface area (Å²) in [4.78, 5) is 19.4. The molecule has 1 aliphatic rings. The lowest BCUT2D eigenvalue weighted by atomic mass is 10.3. The number of nitrogens with one attached hydrogen (secondary N) is 1. The molecule has 0 saturated carbocycles. The Kier molecular flexibility index (Phi) is 4.16. The molecule has 1 aromatic carbocycles. The summed E-state index contributed by atoms with van der Waals surface area (Å²) in [7, 11) is -4.05. The van der Waals surface area contributed by atoms with E-state index >= 15 is 0 Å². The molecular weight excluding hydrogens is 304 g/mol. The first-order chi connectivity index (χ1) is 9.84. The molecule has 0 aromatic heterocycles. The molecular formula is C10H12N4O6S. The molecule has 1 saturated heterocycles. The molecule has 11 heteroatoms.